The summed E-state index contributed by atoms with van der Waals surface area (Å²) in [5.74, 6) is 0.615. The SMILES string of the molecule is CCNC(=NCC(=O)NCc1ccccc1)NCC(C)(C)N1CCCCC1. The Morgan fingerprint density at radius 3 is 2.44 bits per heavy atom. The van der Waals surface area contributed by atoms with E-state index in [0.29, 0.717) is 12.5 Å². The third-order valence-corrected chi connectivity index (χ3v) is 4.96. The van der Waals surface area contributed by atoms with Crippen LogP contribution in [0.4, 0.5) is 0 Å². The first-order valence-electron chi connectivity index (χ1n) is 10.1. The molecule has 0 saturated carbocycles. The average Bonchev–Trinajstić information content (AvgIpc) is 2.70. The Balaban J connectivity index is 1.81. The molecule has 1 aromatic rings. The number of benzene rings is 1. The molecule has 6 nitrogen and oxygen atoms in total. The van der Waals surface area contributed by atoms with E-state index in [1.807, 2.05) is 37.3 Å². The molecule has 1 aliphatic rings. The van der Waals surface area contributed by atoms with E-state index in [4.69, 9.17) is 0 Å². The number of hydrogen-bond donors (Lipinski definition) is 3. The van der Waals surface area contributed by atoms with Crippen molar-refractivity contribution < 1.29 is 4.79 Å². The number of amides is 1. The van der Waals surface area contributed by atoms with Crippen molar-refractivity contribution in [1.82, 2.24) is 20.9 Å². The summed E-state index contributed by atoms with van der Waals surface area (Å²) < 4.78 is 0. The molecule has 27 heavy (non-hydrogen) atoms. The van der Waals surface area contributed by atoms with Crippen molar-refractivity contribution in [3.8, 4) is 0 Å². The van der Waals surface area contributed by atoms with Gasteiger partial charge in [-0.3, -0.25) is 9.69 Å². The zero-order valence-corrected chi connectivity index (χ0v) is 17.1. The summed E-state index contributed by atoms with van der Waals surface area (Å²) in [6.07, 6.45) is 3.89. The number of piperidine rings is 1. The number of carbonyl (C=O) groups excluding carboxylic acids is 1. The van der Waals surface area contributed by atoms with Gasteiger partial charge in [-0.05, 0) is 52.3 Å². The maximum atomic E-state index is 12.1. The number of likely N-dealkylation sites (tertiary alicyclic amines) is 1. The van der Waals surface area contributed by atoms with Crippen LogP contribution in [0.25, 0.3) is 0 Å². The molecule has 0 bridgehead atoms. The van der Waals surface area contributed by atoms with Gasteiger partial charge in [-0.2, -0.15) is 0 Å². The second kappa shape index (κ2) is 10.9. The van der Waals surface area contributed by atoms with Crippen LogP contribution in [0.3, 0.4) is 0 Å². The number of rotatable bonds is 8. The molecule has 0 aromatic heterocycles. The van der Waals surface area contributed by atoms with Gasteiger partial charge in [0, 0.05) is 25.2 Å². The van der Waals surface area contributed by atoms with E-state index in [2.05, 4.69) is 39.7 Å². The fourth-order valence-corrected chi connectivity index (χ4v) is 3.26. The highest BCUT2D eigenvalue weighted by Gasteiger charge is 2.27. The van der Waals surface area contributed by atoms with Crippen molar-refractivity contribution in [3.05, 3.63) is 35.9 Å². The predicted octanol–water partition coefficient (Wildman–Crippen LogP) is 2.12. The number of carbonyl (C=O) groups is 1. The van der Waals surface area contributed by atoms with Crippen molar-refractivity contribution in [2.75, 3.05) is 32.7 Å². The normalized spacial score (nSPS) is 16.0. The van der Waals surface area contributed by atoms with Crippen LogP contribution in [-0.4, -0.2) is 55.0 Å². The Labute approximate surface area is 163 Å². The summed E-state index contributed by atoms with van der Waals surface area (Å²) in [5, 5.41) is 9.54. The first kappa shape index (κ1) is 21.2. The Morgan fingerprint density at radius 1 is 1.07 bits per heavy atom. The van der Waals surface area contributed by atoms with Crippen LogP contribution in [0.1, 0.15) is 45.6 Å². The number of aliphatic imine (C=N–C) groups is 1. The van der Waals surface area contributed by atoms with Crippen molar-refractivity contribution >= 4 is 11.9 Å². The quantitative estimate of drug-likeness (QED) is 0.482. The highest BCUT2D eigenvalue weighted by atomic mass is 16.1. The Hall–Kier alpha value is -2.08. The minimum atomic E-state index is -0.0775. The molecule has 0 aliphatic carbocycles. The molecule has 2 rings (SSSR count). The van der Waals surface area contributed by atoms with Crippen molar-refractivity contribution in [3.63, 3.8) is 0 Å². The summed E-state index contributed by atoms with van der Waals surface area (Å²) in [5.41, 5.74) is 1.15. The number of hydrogen-bond acceptors (Lipinski definition) is 3. The van der Waals surface area contributed by atoms with Gasteiger partial charge in [0.25, 0.3) is 0 Å². The maximum Gasteiger partial charge on any atom is 0.242 e. The second-order valence-corrected chi connectivity index (χ2v) is 7.67. The minimum absolute atomic E-state index is 0.0617. The van der Waals surface area contributed by atoms with Gasteiger partial charge in [0.05, 0.1) is 0 Å². The smallest absolute Gasteiger partial charge is 0.242 e. The van der Waals surface area contributed by atoms with Crippen LogP contribution in [0.5, 0.6) is 0 Å². The lowest BCUT2D eigenvalue weighted by molar-refractivity contribution is -0.119. The molecule has 0 atom stereocenters. The average molecular weight is 374 g/mol. The Kier molecular flexibility index (Phi) is 8.58. The molecule has 1 fully saturated rings. The van der Waals surface area contributed by atoms with Gasteiger partial charge < -0.3 is 16.0 Å². The van der Waals surface area contributed by atoms with E-state index in [-0.39, 0.29) is 18.0 Å². The molecule has 1 amide bonds. The summed E-state index contributed by atoms with van der Waals surface area (Å²) in [6, 6.07) is 9.90. The Bertz CT molecular complexity index is 594. The van der Waals surface area contributed by atoms with E-state index in [1.165, 1.54) is 19.3 Å². The van der Waals surface area contributed by atoms with Crippen LogP contribution in [0.15, 0.2) is 35.3 Å². The van der Waals surface area contributed by atoms with E-state index in [0.717, 1.165) is 31.7 Å². The first-order valence-corrected chi connectivity index (χ1v) is 10.1. The molecule has 3 N–H and O–H groups in total. The van der Waals surface area contributed by atoms with E-state index < -0.39 is 0 Å². The van der Waals surface area contributed by atoms with E-state index >= 15 is 0 Å². The van der Waals surface area contributed by atoms with Crippen LogP contribution in [-0.2, 0) is 11.3 Å². The molecule has 150 valence electrons. The molecular formula is C21H35N5O. The van der Waals surface area contributed by atoms with Gasteiger partial charge in [0.15, 0.2) is 5.96 Å². The van der Waals surface area contributed by atoms with E-state index in [1.54, 1.807) is 0 Å². The summed E-state index contributed by atoms with van der Waals surface area (Å²) in [4.78, 5) is 19.1. The molecule has 1 aromatic carbocycles. The summed E-state index contributed by atoms with van der Waals surface area (Å²) >= 11 is 0. The second-order valence-electron chi connectivity index (χ2n) is 7.67. The number of guanidine groups is 1. The van der Waals surface area contributed by atoms with Crippen LogP contribution >= 0.6 is 0 Å². The Morgan fingerprint density at radius 2 is 1.78 bits per heavy atom. The van der Waals surface area contributed by atoms with Crippen LogP contribution in [0.2, 0.25) is 0 Å². The topological polar surface area (TPSA) is 68.8 Å². The molecular weight excluding hydrogens is 338 g/mol. The lowest BCUT2D eigenvalue weighted by Gasteiger charge is -2.41. The van der Waals surface area contributed by atoms with Gasteiger partial charge in [-0.25, -0.2) is 4.99 Å². The van der Waals surface area contributed by atoms with Gasteiger partial charge >= 0.3 is 0 Å². The summed E-state index contributed by atoms with van der Waals surface area (Å²) in [6.45, 7) is 11.1. The molecule has 0 unspecified atom stereocenters. The van der Waals surface area contributed by atoms with Crippen LogP contribution < -0.4 is 16.0 Å². The molecule has 6 heteroatoms. The van der Waals surface area contributed by atoms with Gasteiger partial charge in [-0.1, -0.05) is 36.8 Å². The zero-order valence-electron chi connectivity index (χ0n) is 17.1. The third kappa shape index (κ3) is 7.59. The van der Waals surface area contributed by atoms with Gasteiger partial charge in [0.1, 0.15) is 6.54 Å². The molecule has 0 radical (unpaired) electrons. The van der Waals surface area contributed by atoms with E-state index in [9.17, 15) is 4.79 Å². The largest absolute Gasteiger partial charge is 0.357 e. The van der Waals surface area contributed by atoms with Gasteiger partial charge in [0.2, 0.25) is 5.91 Å². The fourth-order valence-electron chi connectivity index (χ4n) is 3.26. The zero-order chi connectivity index (χ0) is 19.5. The third-order valence-electron chi connectivity index (χ3n) is 4.96. The highest BCUT2D eigenvalue weighted by Crippen LogP contribution is 2.19. The van der Waals surface area contributed by atoms with Crippen molar-refractivity contribution in [1.29, 1.82) is 0 Å². The van der Waals surface area contributed by atoms with Crippen LogP contribution in [0, 0.1) is 0 Å². The monoisotopic (exact) mass is 373 g/mol. The van der Waals surface area contributed by atoms with Gasteiger partial charge in [-0.15, -0.1) is 0 Å². The maximum absolute atomic E-state index is 12.1. The predicted molar refractivity (Wildman–Crippen MR) is 112 cm³/mol. The van der Waals surface area contributed by atoms with Crippen molar-refractivity contribution in [2.24, 2.45) is 4.99 Å². The summed E-state index contributed by atoms with van der Waals surface area (Å²) in [7, 11) is 0. The highest BCUT2D eigenvalue weighted by molar-refractivity contribution is 5.84. The first-order chi connectivity index (χ1) is 13.0. The number of nitrogens with one attached hydrogen (secondary N) is 3. The molecule has 1 saturated heterocycles. The standard InChI is InChI=1S/C21H35N5O/c1-4-22-20(25-17-21(2,3)26-13-9-6-10-14-26)24-16-19(27)23-15-18-11-7-5-8-12-18/h5,7-8,11-12H,4,6,9-10,13-17H2,1-3H3,(H,23,27)(H2,22,24,25). The minimum Gasteiger partial charge on any atom is -0.357 e. The fraction of sp³-hybridized carbons (Fsp3) is 0.619. The van der Waals surface area contributed by atoms with Crippen molar-refractivity contribution in [2.45, 2.75) is 52.1 Å². The lowest BCUT2D eigenvalue weighted by Crippen LogP contribution is -2.55. The lowest BCUT2D eigenvalue weighted by atomic mass is 9.98. The molecule has 1 heterocycles. The molecule has 0 spiro atoms. The molecule has 1 aliphatic heterocycles. The number of nitrogens with zero attached hydrogens (tertiary/aromatic N) is 2.